The summed E-state index contributed by atoms with van der Waals surface area (Å²) in [6.07, 6.45) is 3.59. The van der Waals surface area contributed by atoms with Crippen LogP contribution in [-0.4, -0.2) is 24.7 Å². The first-order chi connectivity index (χ1) is 9.55. The van der Waals surface area contributed by atoms with Gasteiger partial charge in [0.2, 0.25) is 0 Å². The van der Waals surface area contributed by atoms with Gasteiger partial charge in [0.15, 0.2) is 0 Å². The van der Waals surface area contributed by atoms with Gasteiger partial charge < -0.3 is 10.2 Å². The zero-order valence-corrected chi connectivity index (χ0v) is 13.8. The molecule has 1 unspecified atom stereocenters. The molecule has 1 saturated heterocycles. The summed E-state index contributed by atoms with van der Waals surface area (Å²) in [6, 6.07) is 7.48. The Bertz CT molecular complexity index is 449. The molecule has 1 heterocycles. The van der Waals surface area contributed by atoms with Gasteiger partial charge in [0, 0.05) is 30.4 Å². The van der Waals surface area contributed by atoms with E-state index in [9.17, 15) is 0 Å². The lowest BCUT2D eigenvalue weighted by atomic mass is 9.87. The summed E-state index contributed by atoms with van der Waals surface area (Å²) in [5, 5.41) is 3.82. The van der Waals surface area contributed by atoms with Gasteiger partial charge in [0.1, 0.15) is 0 Å². The van der Waals surface area contributed by atoms with E-state index < -0.39 is 0 Å². The molecule has 1 aliphatic heterocycles. The number of hydrogen-bond acceptors (Lipinski definition) is 2. The summed E-state index contributed by atoms with van der Waals surface area (Å²) in [7, 11) is 0. The summed E-state index contributed by atoms with van der Waals surface area (Å²) < 4.78 is 0. The van der Waals surface area contributed by atoms with Crippen molar-refractivity contribution in [1.29, 1.82) is 0 Å². The van der Waals surface area contributed by atoms with Crippen molar-refractivity contribution in [2.75, 3.05) is 18.0 Å². The molecule has 0 bridgehead atoms. The lowest BCUT2D eigenvalue weighted by molar-refractivity contribution is 0.246. The lowest BCUT2D eigenvalue weighted by Crippen LogP contribution is -2.64. The van der Waals surface area contributed by atoms with Gasteiger partial charge in [-0.2, -0.15) is 0 Å². The number of benzene rings is 1. The van der Waals surface area contributed by atoms with Crippen LogP contribution in [0, 0.1) is 13.8 Å². The Morgan fingerprint density at radius 1 is 1.20 bits per heavy atom. The van der Waals surface area contributed by atoms with Gasteiger partial charge in [-0.25, -0.2) is 0 Å². The maximum absolute atomic E-state index is 3.82. The number of piperazine rings is 1. The second kappa shape index (κ2) is 6.17. The monoisotopic (exact) mass is 274 g/mol. The minimum atomic E-state index is 0.281. The van der Waals surface area contributed by atoms with Crippen LogP contribution in [0.5, 0.6) is 0 Å². The molecule has 1 fully saturated rings. The SMILES string of the molecule is CCC1CNC(CC)(CC)CN1c1ccc(C)cc1C. The van der Waals surface area contributed by atoms with E-state index in [0.29, 0.717) is 6.04 Å². The van der Waals surface area contributed by atoms with Gasteiger partial charge in [0.25, 0.3) is 0 Å². The molecule has 0 amide bonds. The number of nitrogens with zero attached hydrogens (tertiary/aromatic N) is 1. The van der Waals surface area contributed by atoms with Crippen molar-refractivity contribution in [2.45, 2.75) is 65.5 Å². The molecule has 20 heavy (non-hydrogen) atoms. The number of anilines is 1. The van der Waals surface area contributed by atoms with Crippen LogP contribution < -0.4 is 10.2 Å². The molecule has 1 atom stereocenters. The van der Waals surface area contributed by atoms with Crippen molar-refractivity contribution in [2.24, 2.45) is 0 Å². The summed E-state index contributed by atoms with van der Waals surface area (Å²) in [6.45, 7) is 13.6. The summed E-state index contributed by atoms with van der Waals surface area (Å²) >= 11 is 0. The van der Waals surface area contributed by atoms with Gasteiger partial charge in [-0.05, 0) is 44.7 Å². The molecule has 2 nitrogen and oxygen atoms in total. The lowest BCUT2D eigenvalue weighted by Gasteiger charge is -2.49. The number of hydrogen-bond donors (Lipinski definition) is 1. The van der Waals surface area contributed by atoms with E-state index in [2.05, 4.69) is 63.0 Å². The molecule has 0 radical (unpaired) electrons. The van der Waals surface area contributed by atoms with Crippen molar-refractivity contribution in [3.8, 4) is 0 Å². The predicted molar refractivity (Wildman–Crippen MR) is 88.7 cm³/mol. The third-order valence-corrected chi connectivity index (χ3v) is 5.11. The van der Waals surface area contributed by atoms with Crippen molar-refractivity contribution in [1.82, 2.24) is 5.32 Å². The Morgan fingerprint density at radius 2 is 1.90 bits per heavy atom. The molecule has 0 spiro atoms. The zero-order chi connectivity index (χ0) is 14.8. The molecule has 112 valence electrons. The highest BCUT2D eigenvalue weighted by Gasteiger charge is 2.36. The van der Waals surface area contributed by atoms with Crippen LogP contribution in [0.4, 0.5) is 5.69 Å². The van der Waals surface area contributed by atoms with Crippen LogP contribution >= 0.6 is 0 Å². The van der Waals surface area contributed by atoms with E-state index in [1.165, 1.54) is 36.1 Å². The topological polar surface area (TPSA) is 15.3 Å². The molecule has 1 aromatic carbocycles. The molecular formula is C18H30N2. The van der Waals surface area contributed by atoms with E-state index in [1.54, 1.807) is 0 Å². The van der Waals surface area contributed by atoms with Crippen molar-refractivity contribution < 1.29 is 0 Å². The van der Waals surface area contributed by atoms with E-state index in [4.69, 9.17) is 0 Å². The third kappa shape index (κ3) is 2.85. The van der Waals surface area contributed by atoms with Crippen LogP contribution in [0.25, 0.3) is 0 Å². The molecular weight excluding hydrogens is 244 g/mol. The fraction of sp³-hybridized carbons (Fsp3) is 0.667. The summed E-state index contributed by atoms with van der Waals surface area (Å²) in [5.41, 5.74) is 4.47. The summed E-state index contributed by atoms with van der Waals surface area (Å²) in [5.74, 6) is 0. The summed E-state index contributed by atoms with van der Waals surface area (Å²) in [4.78, 5) is 2.65. The van der Waals surface area contributed by atoms with E-state index in [0.717, 1.165) is 13.1 Å². The van der Waals surface area contributed by atoms with Crippen LogP contribution in [0.15, 0.2) is 18.2 Å². The average Bonchev–Trinajstić information content (AvgIpc) is 2.46. The highest BCUT2D eigenvalue weighted by atomic mass is 15.3. The fourth-order valence-corrected chi connectivity index (χ4v) is 3.45. The molecule has 0 aliphatic carbocycles. The van der Waals surface area contributed by atoms with Crippen LogP contribution in [0.1, 0.15) is 51.2 Å². The van der Waals surface area contributed by atoms with E-state index >= 15 is 0 Å². The van der Waals surface area contributed by atoms with E-state index in [-0.39, 0.29) is 5.54 Å². The maximum Gasteiger partial charge on any atom is 0.0413 e. The molecule has 0 aromatic heterocycles. The first-order valence-corrected chi connectivity index (χ1v) is 8.14. The van der Waals surface area contributed by atoms with Crippen LogP contribution in [0.3, 0.4) is 0 Å². The average molecular weight is 274 g/mol. The second-order valence-electron chi connectivity index (χ2n) is 6.35. The van der Waals surface area contributed by atoms with Gasteiger partial charge >= 0.3 is 0 Å². The highest BCUT2D eigenvalue weighted by molar-refractivity contribution is 5.56. The third-order valence-electron chi connectivity index (χ3n) is 5.11. The minimum absolute atomic E-state index is 0.281. The van der Waals surface area contributed by atoms with Crippen LogP contribution in [-0.2, 0) is 0 Å². The normalized spacial score (nSPS) is 22.1. The Kier molecular flexibility index (Phi) is 4.74. The Morgan fingerprint density at radius 3 is 2.45 bits per heavy atom. The van der Waals surface area contributed by atoms with E-state index in [1.807, 2.05) is 0 Å². The standard InChI is InChI=1S/C18H30N2/c1-6-16-12-19-18(7-2,8-3)13-20(16)17-10-9-14(4)11-15(17)5/h9-11,16,19H,6-8,12-13H2,1-5H3. The minimum Gasteiger partial charge on any atom is -0.365 e. The highest BCUT2D eigenvalue weighted by Crippen LogP contribution is 2.31. The van der Waals surface area contributed by atoms with Gasteiger partial charge in [0.05, 0.1) is 0 Å². The molecule has 1 aromatic rings. The van der Waals surface area contributed by atoms with Gasteiger partial charge in [-0.15, -0.1) is 0 Å². The largest absolute Gasteiger partial charge is 0.365 e. The smallest absolute Gasteiger partial charge is 0.0413 e. The quantitative estimate of drug-likeness (QED) is 0.891. The predicted octanol–water partition coefficient (Wildman–Crippen LogP) is 4.05. The van der Waals surface area contributed by atoms with Gasteiger partial charge in [-0.3, -0.25) is 0 Å². The zero-order valence-electron chi connectivity index (χ0n) is 13.8. The first kappa shape index (κ1) is 15.4. The van der Waals surface area contributed by atoms with Crippen LogP contribution in [0.2, 0.25) is 0 Å². The molecule has 0 saturated carbocycles. The van der Waals surface area contributed by atoms with Crippen molar-refractivity contribution in [3.05, 3.63) is 29.3 Å². The fourth-order valence-electron chi connectivity index (χ4n) is 3.45. The molecule has 2 heteroatoms. The maximum atomic E-state index is 3.82. The van der Waals surface area contributed by atoms with Crippen molar-refractivity contribution in [3.63, 3.8) is 0 Å². The van der Waals surface area contributed by atoms with Crippen molar-refractivity contribution >= 4 is 5.69 Å². The molecule has 2 rings (SSSR count). The molecule has 1 aliphatic rings. The number of rotatable bonds is 4. The Labute approximate surface area is 124 Å². The number of aryl methyl sites for hydroxylation is 2. The van der Waals surface area contributed by atoms with Gasteiger partial charge in [-0.1, -0.05) is 38.5 Å². The first-order valence-electron chi connectivity index (χ1n) is 8.14. The Balaban J connectivity index is 2.33. The number of nitrogens with one attached hydrogen (secondary N) is 1. The Hall–Kier alpha value is -1.02. The second-order valence-corrected chi connectivity index (χ2v) is 6.35. The molecule has 1 N–H and O–H groups in total.